The standard InChI is InChI=1S/C18H28N2O3S/c1-4-22-13(2)12-19-17(21)16-11-14-15(24-16)5-10-23-18(14)6-8-20(3)9-7-18/h11,13H,4-10,12H2,1-3H3,(H,19,21). The quantitative estimate of drug-likeness (QED) is 0.884. The summed E-state index contributed by atoms with van der Waals surface area (Å²) in [5.41, 5.74) is 1.09. The molecular weight excluding hydrogens is 324 g/mol. The molecule has 1 aromatic heterocycles. The summed E-state index contributed by atoms with van der Waals surface area (Å²) < 4.78 is 11.7. The third-order valence-electron chi connectivity index (χ3n) is 5.03. The topological polar surface area (TPSA) is 50.8 Å². The van der Waals surface area contributed by atoms with Crippen molar-refractivity contribution in [3.8, 4) is 0 Å². The van der Waals surface area contributed by atoms with Gasteiger partial charge in [-0.15, -0.1) is 11.3 Å². The van der Waals surface area contributed by atoms with Gasteiger partial charge in [0.15, 0.2) is 0 Å². The molecule has 1 unspecified atom stereocenters. The molecule has 1 atom stereocenters. The number of thiophene rings is 1. The van der Waals surface area contributed by atoms with E-state index in [-0.39, 0.29) is 17.6 Å². The fraction of sp³-hybridized carbons (Fsp3) is 0.722. The Labute approximate surface area is 148 Å². The Morgan fingerprint density at radius 3 is 2.96 bits per heavy atom. The average molecular weight is 353 g/mol. The molecule has 24 heavy (non-hydrogen) atoms. The van der Waals surface area contributed by atoms with Gasteiger partial charge in [-0.05, 0) is 45.4 Å². The highest BCUT2D eigenvalue weighted by Gasteiger charge is 2.41. The largest absolute Gasteiger partial charge is 0.377 e. The van der Waals surface area contributed by atoms with E-state index in [2.05, 4.69) is 23.3 Å². The van der Waals surface area contributed by atoms with Crippen LogP contribution in [0.25, 0.3) is 0 Å². The average Bonchev–Trinajstić information content (AvgIpc) is 3.02. The minimum absolute atomic E-state index is 0.00373. The van der Waals surface area contributed by atoms with Crippen molar-refractivity contribution < 1.29 is 14.3 Å². The number of hydrogen-bond donors (Lipinski definition) is 1. The number of ether oxygens (including phenoxy) is 2. The first-order valence-corrected chi connectivity index (χ1v) is 9.71. The summed E-state index contributed by atoms with van der Waals surface area (Å²) in [5, 5.41) is 2.99. The summed E-state index contributed by atoms with van der Waals surface area (Å²) in [7, 11) is 2.16. The lowest BCUT2D eigenvalue weighted by Crippen LogP contribution is -2.44. The fourth-order valence-electron chi connectivity index (χ4n) is 3.59. The maximum Gasteiger partial charge on any atom is 0.261 e. The van der Waals surface area contributed by atoms with Gasteiger partial charge in [0, 0.05) is 37.5 Å². The third-order valence-corrected chi connectivity index (χ3v) is 6.22. The van der Waals surface area contributed by atoms with Crippen LogP contribution in [0.15, 0.2) is 6.07 Å². The molecule has 6 heteroatoms. The molecule has 134 valence electrons. The minimum atomic E-state index is -0.173. The molecule has 1 fully saturated rings. The van der Waals surface area contributed by atoms with Gasteiger partial charge in [-0.2, -0.15) is 0 Å². The molecule has 3 heterocycles. The van der Waals surface area contributed by atoms with E-state index in [1.54, 1.807) is 11.3 Å². The normalized spacial score (nSPS) is 21.5. The van der Waals surface area contributed by atoms with Gasteiger partial charge in [-0.3, -0.25) is 4.79 Å². The molecule has 1 spiro atoms. The maximum absolute atomic E-state index is 12.5. The number of amides is 1. The lowest BCUT2D eigenvalue weighted by molar-refractivity contribution is -0.0942. The molecular formula is C18H28N2O3S. The summed E-state index contributed by atoms with van der Waals surface area (Å²) in [6.07, 6.45) is 2.98. The van der Waals surface area contributed by atoms with E-state index in [4.69, 9.17) is 9.47 Å². The highest BCUT2D eigenvalue weighted by molar-refractivity contribution is 7.14. The van der Waals surface area contributed by atoms with Crippen molar-refractivity contribution in [3.63, 3.8) is 0 Å². The zero-order valence-electron chi connectivity index (χ0n) is 14.9. The van der Waals surface area contributed by atoms with Gasteiger partial charge < -0.3 is 19.7 Å². The SMILES string of the molecule is CCOC(C)CNC(=O)c1cc2c(s1)CCOC21CCN(C)CC1. The van der Waals surface area contributed by atoms with Gasteiger partial charge in [-0.1, -0.05) is 0 Å². The first-order chi connectivity index (χ1) is 11.5. The molecule has 1 aromatic rings. The Bertz CT molecular complexity index is 579. The predicted octanol–water partition coefficient (Wildman–Crippen LogP) is 2.40. The predicted molar refractivity (Wildman–Crippen MR) is 95.8 cm³/mol. The molecule has 3 rings (SSSR count). The minimum Gasteiger partial charge on any atom is -0.377 e. The second-order valence-corrected chi connectivity index (χ2v) is 7.96. The van der Waals surface area contributed by atoms with Crippen molar-refractivity contribution >= 4 is 17.2 Å². The Morgan fingerprint density at radius 1 is 1.50 bits per heavy atom. The van der Waals surface area contributed by atoms with E-state index >= 15 is 0 Å². The molecule has 0 aliphatic carbocycles. The summed E-state index contributed by atoms with van der Waals surface area (Å²) in [6.45, 7) is 8.00. The molecule has 0 radical (unpaired) electrons. The van der Waals surface area contributed by atoms with Gasteiger partial charge in [0.2, 0.25) is 0 Å². The fourth-order valence-corrected chi connectivity index (χ4v) is 4.74. The zero-order chi connectivity index (χ0) is 17.2. The number of nitrogens with zero attached hydrogens (tertiary/aromatic N) is 1. The number of nitrogens with one attached hydrogen (secondary N) is 1. The van der Waals surface area contributed by atoms with E-state index < -0.39 is 0 Å². The van der Waals surface area contributed by atoms with Crippen LogP contribution in [0, 0.1) is 0 Å². The Hall–Kier alpha value is -0.950. The second kappa shape index (κ2) is 7.52. The van der Waals surface area contributed by atoms with Gasteiger partial charge in [0.05, 0.1) is 23.2 Å². The van der Waals surface area contributed by atoms with Crippen molar-refractivity contribution in [2.24, 2.45) is 0 Å². The summed E-state index contributed by atoms with van der Waals surface area (Å²) in [4.78, 5) is 17.0. The number of fused-ring (bicyclic) bond motifs is 2. The summed E-state index contributed by atoms with van der Waals surface area (Å²) >= 11 is 1.63. The van der Waals surface area contributed by atoms with Crippen LogP contribution in [0.3, 0.4) is 0 Å². The van der Waals surface area contributed by atoms with E-state index in [9.17, 15) is 4.79 Å². The number of piperidine rings is 1. The number of carbonyl (C=O) groups is 1. The van der Waals surface area contributed by atoms with Crippen molar-refractivity contribution in [3.05, 3.63) is 21.4 Å². The summed E-state index contributed by atoms with van der Waals surface area (Å²) in [5.74, 6) is 0.00373. The van der Waals surface area contributed by atoms with Crippen molar-refractivity contribution in [1.82, 2.24) is 10.2 Å². The van der Waals surface area contributed by atoms with Crippen LogP contribution in [0.2, 0.25) is 0 Å². The molecule has 1 saturated heterocycles. The Morgan fingerprint density at radius 2 is 2.25 bits per heavy atom. The lowest BCUT2D eigenvalue weighted by atomic mass is 9.82. The highest BCUT2D eigenvalue weighted by atomic mass is 32.1. The van der Waals surface area contributed by atoms with Crippen LogP contribution in [0.1, 0.15) is 46.8 Å². The molecule has 0 aromatic carbocycles. The number of rotatable bonds is 5. The molecule has 0 saturated carbocycles. The molecule has 2 aliphatic rings. The molecule has 1 N–H and O–H groups in total. The van der Waals surface area contributed by atoms with Crippen LogP contribution in [-0.4, -0.2) is 56.8 Å². The van der Waals surface area contributed by atoms with Crippen molar-refractivity contribution in [2.75, 3.05) is 39.9 Å². The molecule has 0 bridgehead atoms. The van der Waals surface area contributed by atoms with E-state index in [0.29, 0.717) is 13.2 Å². The first-order valence-electron chi connectivity index (χ1n) is 8.89. The number of hydrogen-bond acceptors (Lipinski definition) is 5. The smallest absolute Gasteiger partial charge is 0.261 e. The maximum atomic E-state index is 12.5. The zero-order valence-corrected chi connectivity index (χ0v) is 15.7. The van der Waals surface area contributed by atoms with Gasteiger partial charge >= 0.3 is 0 Å². The van der Waals surface area contributed by atoms with E-state index in [0.717, 1.165) is 43.8 Å². The van der Waals surface area contributed by atoms with Gasteiger partial charge in [-0.25, -0.2) is 0 Å². The lowest BCUT2D eigenvalue weighted by Gasteiger charge is -2.43. The van der Waals surface area contributed by atoms with Crippen LogP contribution >= 0.6 is 11.3 Å². The van der Waals surface area contributed by atoms with E-state index in [1.807, 2.05) is 13.8 Å². The van der Waals surface area contributed by atoms with Crippen LogP contribution in [0.4, 0.5) is 0 Å². The molecule has 2 aliphatic heterocycles. The van der Waals surface area contributed by atoms with Crippen LogP contribution in [-0.2, 0) is 21.5 Å². The summed E-state index contributed by atoms with van der Waals surface area (Å²) in [6, 6.07) is 2.07. The third kappa shape index (κ3) is 3.67. The molecule has 5 nitrogen and oxygen atoms in total. The monoisotopic (exact) mass is 352 g/mol. The van der Waals surface area contributed by atoms with Gasteiger partial charge in [0.1, 0.15) is 0 Å². The van der Waals surface area contributed by atoms with Crippen LogP contribution < -0.4 is 5.32 Å². The van der Waals surface area contributed by atoms with Crippen molar-refractivity contribution in [2.45, 2.75) is 44.8 Å². The molecule has 1 amide bonds. The van der Waals surface area contributed by atoms with E-state index in [1.165, 1.54) is 10.4 Å². The van der Waals surface area contributed by atoms with Crippen molar-refractivity contribution in [1.29, 1.82) is 0 Å². The van der Waals surface area contributed by atoms with Crippen LogP contribution in [0.5, 0.6) is 0 Å². The number of carbonyl (C=O) groups excluding carboxylic acids is 1. The Balaban J connectivity index is 1.72. The van der Waals surface area contributed by atoms with Gasteiger partial charge in [0.25, 0.3) is 5.91 Å². The highest BCUT2D eigenvalue weighted by Crippen LogP contribution is 2.44. The first kappa shape index (κ1) is 17.9. The second-order valence-electron chi connectivity index (χ2n) is 6.82. The Kier molecular flexibility index (Phi) is 5.59. The number of likely N-dealkylation sites (tertiary alicyclic amines) is 1.